The van der Waals surface area contributed by atoms with Crippen LogP contribution in [0.15, 0.2) is 35.1 Å². The van der Waals surface area contributed by atoms with Gasteiger partial charge in [-0.05, 0) is 41.7 Å². The molecule has 0 saturated heterocycles. The number of rotatable bonds is 5. The number of nitrogens with zero attached hydrogens (tertiary/aromatic N) is 3. The molecule has 1 aromatic heterocycles. The predicted octanol–water partition coefficient (Wildman–Crippen LogP) is 3.05. The molecule has 0 aliphatic heterocycles. The predicted molar refractivity (Wildman–Crippen MR) is 80.8 cm³/mol. The third kappa shape index (κ3) is 4.25. The van der Waals surface area contributed by atoms with Gasteiger partial charge in [0.2, 0.25) is 5.95 Å². The van der Waals surface area contributed by atoms with Gasteiger partial charge >= 0.3 is 0 Å². The molecule has 2 aromatic rings. The Kier molecular flexibility index (Phi) is 5.03. The minimum absolute atomic E-state index is 0.185. The fourth-order valence-electron chi connectivity index (χ4n) is 1.75. The Morgan fingerprint density at radius 1 is 1.25 bits per heavy atom. The highest BCUT2D eigenvalue weighted by Crippen LogP contribution is 2.13. The standard InChI is InChI=1S/C14H16BrFN4/c1-20(2)9-11-4-3-10(5-13(11)16)6-17-14-18-7-12(15)8-19-14/h3-5,7-8H,6,9H2,1-2H3,(H,17,18,19). The highest BCUT2D eigenvalue weighted by molar-refractivity contribution is 9.10. The highest BCUT2D eigenvalue weighted by atomic mass is 79.9. The molecule has 1 aromatic carbocycles. The Bertz CT molecular complexity index is 572. The van der Waals surface area contributed by atoms with E-state index in [1.54, 1.807) is 18.5 Å². The zero-order valence-corrected chi connectivity index (χ0v) is 13.0. The first kappa shape index (κ1) is 14.9. The molecule has 0 radical (unpaired) electrons. The Morgan fingerprint density at radius 3 is 2.55 bits per heavy atom. The van der Waals surface area contributed by atoms with Crippen molar-refractivity contribution >= 4 is 21.9 Å². The van der Waals surface area contributed by atoms with Crippen molar-refractivity contribution in [2.75, 3.05) is 19.4 Å². The third-order valence-electron chi connectivity index (χ3n) is 2.68. The number of benzene rings is 1. The average molecular weight is 339 g/mol. The van der Waals surface area contributed by atoms with Crippen molar-refractivity contribution in [2.45, 2.75) is 13.1 Å². The molecule has 0 aliphatic rings. The van der Waals surface area contributed by atoms with E-state index in [0.29, 0.717) is 24.6 Å². The molecular formula is C14H16BrFN4. The van der Waals surface area contributed by atoms with Crippen LogP contribution in [0.2, 0.25) is 0 Å². The largest absolute Gasteiger partial charge is 0.350 e. The third-order valence-corrected chi connectivity index (χ3v) is 3.08. The van der Waals surface area contributed by atoms with Crippen LogP contribution in [0.5, 0.6) is 0 Å². The Balaban J connectivity index is 1.99. The van der Waals surface area contributed by atoms with Crippen LogP contribution in [0, 0.1) is 5.82 Å². The van der Waals surface area contributed by atoms with Gasteiger partial charge in [-0.3, -0.25) is 0 Å². The molecule has 6 heteroatoms. The van der Waals surface area contributed by atoms with Crippen molar-refractivity contribution in [3.63, 3.8) is 0 Å². The molecule has 4 nitrogen and oxygen atoms in total. The highest BCUT2D eigenvalue weighted by Gasteiger charge is 2.05. The molecule has 0 unspecified atom stereocenters. The molecule has 0 amide bonds. The summed E-state index contributed by atoms with van der Waals surface area (Å²) in [6.45, 7) is 1.08. The van der Waals surface area contributed by atoms with E-state index < -0.39 is 0 Å². The first-order chi connectivity index (χ1) is 9.54. The molecule has 106 valence electrons. The molecular weight excluding hydrogens is 323 g/mol. The van der Waals surface area contributed by atoms with E-state index >= 15 is 0 Å². The van der Waals surface area contributed by atoms with Crippen molar-refractivity contribution in [1.29, 1.82) is 0 Å². The second-order valence-electron chi connectivity index (χ2n) is 4.74. The van der Waals surface area contributed by atoms with E-state index in [0.717, 1.165) is 10.0 Å². The Labute approximate surface area is 126 Å². The maximum atomic E-state index is 13.9. The lowest BCUT2D eigenvalue weighted by molar-refractivity contribution is 0.392. The minimum Gasteiger partial charge on any atom is -0.350 e. The smallest absolute Gasteiger partial charge is 0.222 e. The van der Waals surface area contributed by atoms with E-state index in [2.05, 4.69) is 31.2 Å². The SMILES string of the molecule is CN(C)Cc1ccc(CNc2ncc(Br)cn2)cc1F. The quantitative estimate of drug-likeness (QED) is 0.909. The van der Waals surface area contributed by atoms with Crippen LogP contribution >= 0.6 is 15.9 Å². The lowest BCUT2D eigenvalue weighted by Gasteiger charge is -2.11. The lowest BCUT2D eigenvalue weighted by atomic mass is 10.1. The van der Waals surface area contributed by atoms with Crippen LogP contribution in [0.4, 0.5) is 10.3 Å². The molecule has 0 fully saturated rings. The molecule has 0 bridgehead atoms. The normalized spacial score (nSPS) is 10.8. The van der Waals surface area contributed by atoms with E-state index in [1.165, 1.54) is 0 Å². The summed E-state index contributed by atoms with van der Waals surface area (Å²) >= 11 is 3.27. The number of hydrogen-bond acceptors (Lipinski definition) is 4. The fraction of sp³-hybridized carbons (Fsp3) is 0.286. The molecule has 1 heterocycles. The number of halogens is 2. The summed E-state index contributed by atoms with van der Waals surface area (Å²) in [4.78, 5) is 10.1. The lowest BCUT2D eigenvalue weighted by Crippen LogP contribution is -2.12. The van der Waals surface area contributed by atoms with Gasteiger partial charge in [0.05, 0.1) is 4.47 Å². The van der Waals surface area contributed by atoms with Crippen molar-refractivity contribution in [1.82, 2.24) is 14.9 Å². The van der Waals surface area contributed by atoms with Crippen molar-refractivity contribution < 1.29 is 4.39 Å². The van der Waals surface area contributed by atoms with Crippen LogP contribution in [-0.4, -0.2) is 29.0 Å². The van der Waals surface area contributed by atoms with Gasteiger partial charge in [0.25, 0.3) is 0 Å². The molecule has 0 saturated carbocycles. The summed E-state index contributed by atoms with van der Waals surface area (Å²) in [7, 11) is 3.83. The summed E-state index contributed by atoms with van der Waals surface area (Å²) in [5.41, 5.74) is 1.55. The van der Waals surface area contributed by atoms with Gasteiger partial charge in [-0.1, -0.05) is 12.1 Å². The van der Waals surface area contributed by atoms with Crippen molar-refractivity contribution in [3.05, 3.63) is 52.0 Å². The maximum Gasteiger partial charge on any atom is 0.222 e. The van der Waals surface area contributed by atoms with Gasteiger partial charge in [-0.2, -0.15) is 0 Å². The second kappa shape index (κ2) is 6.76. The van der Waals surface area contributed by atoms with Gasteiger partial charge in [-0.15, -0.1) is 0 Å². The monoisotopic (exact) mass is 338 g/mol. The summed E-state index contributed by atoms with van der Waals surface area (Å²) in [6, 6.07) is 5.27. The molecule has 0 spiro atoms. The van der Waals surface area contributed by atoms with Gasteiger partial charge in [-0.25, -0.2) is 14.4 Å². The van der Waals surface area contributed by atoms with Crippen LogP contribution in [-0.2, 0) is 13.1 Å². The van der Waals surface area contributed by atoms with Crippen molar-refractivity contribution in [3.8, 4) is 0 Å². The van der Waals surface area contributed by atoms with Gasteiger partial charge < -0.3 is 10.2 Å². The Hall–Kier alpha value is -1.53. The number of hydrogen-bond donors (Lipinski definition) is 1. The first-order valence-electron chi connectivity index (χ1n) is 6.18. The first-order valence-corrected chi connectivity index (χ1v) is 6.97. The number of nitrogens with one attached hydrogen (secondary N) is 1. The van der Waals surface area contributed by atoms with E-state index in [9.17, 15) is 4.39 Å². The summed E-state index contributed by atoms with van der Waals surface area (Å²) in [5, 5.41) is 3.06. The van der Waals surface area contributed by atoms with Gasteiger partial charge in [0, 0.05) is 31.0 Å². The molecule has 20 heavy (non-hydrogen) atoms. The molecule has 1 N–H and O–H groups in total. The summed E-state index contributed by atoms with van der Waals surface area (Å²) in [6.07, 6.45) is 3.33. The zero-order valence-electron chi connectivity index (χ0n) is 11.4. The van der Waals surface area contributed by atoms with Crippen LogP contribution in [0.1, 0.15) is 11.1 Å². The molecule has 0 atom stereocenters. The van der Waals surface area contributed by atoms with E-state index in [-0.39, 0.29) is 5.82 Å². The average Bonchev–Trinajstić information content (AvgIpc) is 2.40. The summed E-state index contributed by atoms with van der Waals surface area (Å²) in [5.74, 6) is 0.334. The van der Waals surface area contributed by atoms with Gasteiger partial charge in [0.1, 0.15) is 5.82 Å². The zero-order chi connectivity index (χ0) is 14.5. The van der Waals surface area contributed by atoms with Crippen LogP contribution in [0.3, 0.4) is 0 Å². The van der Waals surface area contributed by atoms with E-state index in [1.807, 2.05) is 31.1 Å². The fourth-order valence-corrected chi connectivity index (χ4v) is 1.96. The minimum atomic E-state index is -0.185. The van der Waals surface area contributed by atoms with Crippen LogP contribution in [0.25, 0.3) is 0 Å². The molecule has 2 rings (SSSR count). The van der Waals surface area contributed by atoms with E-state index in [4.69, 9.17) is 0 Å². The van der Waals surface area contributed by atoms with Gasteiger partial charge in [0.15, 0.2) is 0 Å². The van der Waals surface area contributed by atoms with Crippen molar-refractivity contribution in [2.24, 2.45) is 0 Å². The maximum absolute atomic E-state index is 13.9. The topological polar surface area (TPSA) is 41.0 Å². The number of aromatic nitrogens is 2. The Morgan fingerprint density at radius 2 is 1.95 bits per heavy atom. The molecule has 0 aliphatic carbocycles. The summed E-state index contributed by atoms with van der Waals surface area (Å²) < 4.78 is 14.7. The number of anilines is 1. The second-order valence-corrected chi connectivity index (χ2v) is 5.66. The van der Waals surface area contributed by atoms with Crippen LogP contribution < -0.4 is 5.32 Å².